The predicted octanol–water partition coefficient (Wildman–Crippen LogP) is 5.48. The first-order chi connectivity index (χ1) is 9.70. The highest BCUT2D eigenvalue weighted by Gasteiger charge is 2.04. The highest BCUT2D eigenvalue weighted by Crippen LogP contribution is 2.21. The Morgan fingerprint density at radius 2 is 2.10 bits per heavy atom. The van der Waals surface area contributed by atoms with E-state index in [2.05, 4.69) is 28.6 Å². The van der Waals surface area contributed by atoms with Crippen LogP contribution in [-0.4, -0.2) is 5.71 Å². The Morgan fingerprint density at radius 1 is 1.25 bits per heavy atom. The largest absolute Gasteiger partial charge is 0.301 e. The monoisotopic (exact) mass is 325 g/mol. The molecule has 2 heteroatoms. The molecule has 0 unspecified atom stereocenters. The van der Waals surface area contributed by atoms with Crippen molar-refractivity contribution >= 4 is 27.2 Å². The number of rotatable bonds is 4. The van der Waals surface area contributed by atoms with Gasteiger partial charge in [0.05, 0.1) is 5.71 Å². The van der Waals surface area contributed by atoms with Gasteiger partial charge in [0, 0.05) is 4.47 Å². The second-order valence-electron chi connectivity index (χ2n) is 4.44. The summed E-state index contributed by atoms with van der Waals surface area (Å²) >= 11 is 3.47. The van der Waals surface area contributed by atoms with Crippen molar-refractivity contribution in [3.63, 3.8) is 0 Å². The van der Waals surface area contributed by atoms with Crippen LogP contribution in [0, 0.1) is 5.41 Å². The average Bonchev–Trinajstić information content (AvgIpc) is 2.73. The van der Waals surface area contributed by atoms with E-state index in [1.807, 2.05) is 54.6 Å². The second kappa shape index (κ2) is 7.01. The summed E-state index contributed by atoms with van der Waals surface area (Å²) in [6.07, 6.45) is 14.4. The van der Waals surface area contributed by atoms with Crippen molar-refractivity contribution in [1.29, 1.82) is 5.41 Å². The molecule has 1 aliphatic rings. The Morgan fingerprint density at radius 3 is 2.85 bits per heavy atom. The zero-order valence-electron chi connectivity index (χ0n) is 11.1. The van der Waals surface area contributed by atoms with E-state index in [-0.39, 0.29) is 0 Å². The maximum atomic E-state index is 8.25. The lowest BCUT2D eigenvalue weighted by atomic mass is 10.00. The Kier molecular flexibility index (Phi) is 5.08. The van der Waals surface area contributed by atoms with E-state index in [4.69, 9.17) is 5.41 Å². The lowest BCUT2D eigenvalue weighted by Crippen LogP contribution is -1.98. The molecule has 100 valence electrons. The van der Waals surface area contributed by atoms with E-state index in [0.29, 0.717) is 5.71 Å². The molecule has 1 nitrogen and oxygen atoms in total. The van der Waals surface area contributed by atoms with E-state index in [1.165, 1.54) is 0 Å². The molecule has 1 aromatic carbocycles. The van der Waals surface area contributed by atoms with Gasteiger partial charge in [0.25, 0.3) is 0 Å². The zero-order valence-corrected chi connectivity index (χ0v) is 12.7. The van der Waals surface area contributed by atoms with Gasteiger partial charge in [-0.15, -0.1) is 0 Å². The summed E-state index contributed by atoms with van der Waals surface area (Å²) < 4.78 is 1.02. The fourth-order valence-electron chi connectivity index (χ4n) is 1.95. The topological polar surface area (TPSA) is 23.9 Å². The second-order valence-corrected chi connectivity index (χ2v) is 5.35. The number of hydrogen-bond acceptors (Lipinski definition) is 1. The van der Waals surface area contributed by atoms with Crippen molar-refractivity contribution in [1.82, 2.24) is 0 Å². The fourth-order valence-corrected chi connectivity index (χ4v) is 2.35. The molecule has 1 aromatic rings. The standard InChI is InChI=1S/C18H16BrN/c1-2-14(16-10-7-11-17(19)12-16)13-18(20)15-8-5-3-4-6-9-15/h2-8,10-13,20H,1,9H2/b14-13+,20-18?. The third-order valence-electron chi connectivity index (χ3n) is 3.02. The number of hydrogen-bond donors (Lipinski definition) is 1. The highest BCUT2D eigenvalue weighted by molar-refractivity contribution is 9.10. The third-order valence-corrected chi connectivity index (χ3v) is 3.51. The summed E-state index contributed by atoms with van der Waals surface area (Å²) in [7, 11) is 0. The smallest absolute Gasteiger partial charge is 0.0581 e. The predicted molar refractivity (Wildman–Crippen MR) is 91.0 cm³/mol. The van der Waals surface area contributed by atoms with E-state index in [9.17, 15) is 0 Å². The Balaban J connectivity index is 2.29. The maximum Gasteiger partial charge on any atom is 0.0581 e. The summed E-state index contributed by atoms with van der Waals surface area (Å²) in [5.41, 5.74) is 3.54. The van der Waals surface area contributed by atoms with Gasteiger partial charge >= 0.3 is 0 Å². The summed E-state index contributed by atoms with van der Waals surface area (Å²) in [6, 6.07) is 8.02. The van der Waals surface area contributed by atoms with Gasteiger partial charge < -0.3 is 5.41 Å². The van der Waals surface area contributed by atoms with Gasteiger partial charge in [-0.1, -0.05) is 71.1 Å². The molecular weight excluding hydrogens is 310 g/mol. The molecule has 0 saturated heterocycles. The molecule has 1 N–H and O–H groups in total. The Bertz CT molecular complexity index is 645. The molecule has 0 bridgehead atoms. The molecule has 20 heavy (non-hydrogen) atoms. The molecule has 0 heterocycles. The normalized spacial score (nSPS) is 14.7. The van der Waals surface area contributed by atoms with Gasteiger partial charge in [-0.05, 0) is 41.3 Å². The van der Waals surface area contributed by atoms with Gasteiger partial charge in [0.15, 0.2) is 0 Å². The van der Waals surface area contributed by atoms with E-state index >= 15 is 0 Å². The van der Waals surface area contributed by atoms with Gasteiger partial charge in [-0.2, -0.15) is 0 Å². The number of halogens is 1. The molecule has 1 aliphatic carbocycles. The summed E-state index contributed by atoms with van der Waals surface area (Å²) in [6.45, 7) is 3.86. The fraction of sp³-hybridized carbons (Fsp3) is 0.0556. The first-order valence-electron chi connectivity index (χ1n) is 6.42. The van der Waals surface area contributed by atoms with Crippen LogP contribution < -0.4 is 0 Å². The summed E-state index contributed by atoms with van der Waals surface area (Å²) in [4.78, 5) is 0. The lowest BCUT2D eigenvalue weighted by molar-refractivity contribution is 1.30. The first kappa shape index (κ1) is 14.5. The SMILES string of the molecule is C=C/C(=C\C(=N)C1=CC=CC=CC1)c1cccc(Br)c1. The number of nitrogens with one attached hydrogen (secondary N) is 1. The van der Waals surface area contributed by atoms with Crippen LogP contribution in [0.5, 0.6) is 0 Å². The van der Waals surface area contributed by atoms with E-state index in [0.717, 1.165) is 27.6 Å². The molecule has 0 atom stereocenters. The van der Waals surface area contributed by atoms with Crippen molar-refractivity contribution in [3.05, 3.63) is 89.0 Å². The van der Waals surface area contributed by atoms with Gasteiger partial charge in [-0.25, -0.2) is 0 Å². The molecule has 0 aliphatic heterocycles. The van der Waals surface area contributed by atoms with Crippen LogP contribution in [0.2, 0.25) is 0 Å². The minimum atomic E-state index is 0.524. The molecular formula is C18H16BrN. The molecule has 0 aromatic heterocycles. The quantitative estimate of drug-likeness (QED) is 0.559. The van der Waals surface area contributed by atoms with Crippen molar-refractivity contribution < 1.29 is 0 Å². The molecule has 0 radical (unpaired) electrons. The molecule has 0 fully saturated rings. The van der Waals surface area contributed by atoms with Crippen LogP contribution >= 0.6 is 15.9 Å². The van der Waals surface area contributed by atoms with Crippen molar-refractivity contribution in [3.8, 4) is 0 Å². The van der Waals surface area contributed by atoms with Crippen LogP contribution in [0.15, 0.2) is 83.4 Å². The van der Waals surface area contributed by atoms with Gasteiger partial charge in [0.2, 0.25) is 0 Å². The van der Waals surface area contributed by atoms with Crippen molar-refractivity contribution in [2.45, 2.75) is 6.42 Å². The summed E-state index contributed by atoms with van der Waals surface area (Å²) in [5, 5.41) is 8.25. The van der Waals surface area contributed by atoms with Crippen LogP contribution in [0.25, 0.3) is 5.57 Å². The Labute approximate surface area is 128 Å². The van der Waals surface area contributed by atoms with Gasteiger partial charge in [-0.3, -0.25) is 0 Å². The van der Waals surface area contributed by atoms with Crippen LogP contribution in [0.3, 0.4) is 0 Å². The minimum absolute atomic E-state index is 0.524. The first-order valence-corrected chi connectivity index (χ1v) is 7.21. The van der Waals surface area contributed by atoms with Crippen LogP contribution in [-0.2, 0) is 0 Å². The lowest BCUT2D eigenvalue weighted by Gasteiger charge is -2.06. The molecule has 0 spiro atoms. The van der Waals surface area contributed by atoms with Gasteiger partial charge in [0.1, 0.15) is 0 Å². The van der Waals surface area contributed by atoms with E-state index in [1.54, 1.807) is 6.08 Å². The minimum Gasteiger partial charge on any atom is -0.301 e. The zero-order chi connectivity index (χ0) is 14.4. The number of allylic oxidation sites excluding steroid dienone is 9. The van der Waals surface area contributed by atoms with Crippen molar-refractivity contribution in [2.75, 3.05) is 0 Å². The van der Waals surface area contributed by atoms with Crippen molar-refractivity contribution in [2.24, 2.45) is 0 Å². The molecule has 2 rings (SSSR count). The molecule has 0 amide bonds. The maximum absolute atomic E-state index is 8.25. The van der Waals surface area contributed by atoms with E-state index < -0.39 is 0 Å². The average molecular weight is 326 g/mol. The third kappa shape index (κ3) is 3.78. The Hall–Kier alpha value is -1.93. The highest BCUT2D eigenvalue weighted by atomic mass is 79.9. The van der Waals surface area contributed by atoms with Crippen LogP contribution in [0.1, 0.15) is 12.0 Å². The molecule has 0 saturated carbocycles. The summed E-state index contributed by atoms with van der Waals surface area (Å²) in [5.74, 6) is 0. The number of benzene rings is 1. The van der Waals surface area contributed by atoms with Crippen LogP contribution in [0.4, 0.5) is 0 Å².